The number of allylic oxidation sites excluding steroid dienone is 1. The number of rotatable bonds is 10. The molecule has 1 unspecified atom stereocenters. The van der Waals surface area contributed by atoms with Gasteiger partial charge in [0.15, 0.2) is 5.16 Å². The average Bonchev–Trinajstić information content (AvgIpc) is 2.54. The quantitative estimate of drug-likeness (QED) is 0.361. The molecule has 6 heteroatoms. The predicted octanol–water partition coefficient (Wildman–Crippen LogP) is 4.29. The molecule has 0 aliphatic carbocycles. The van der Waals surface area contributed by atoms with E-state index in [0.29, 0.717) is 5.56 Å². The number of benzene rings is 1. The van der Waals surface area contributed by atoms with E-state index in [2.05, 4.69) is 6.58 Å². The molecular weight excluding hydrogens is 315 g/mol. The lowest BCUT2D eigenvalue weighted by molar-refractivity contribution is -0.147. The van der Waals surface area contributed by atoms with Crippen molar-refractivity contribution in [1.82, 2.24) is 0 Å². The van der Waals surface area contributed by atoms with Crippen LogP contribution in [0.1, 0.15) is 32.8 Å². The van der Waals surface area contributed by atoms with Gasteiger partial charge < -0.3 is 13.8 Å². The second-order valence-corrected chi connectivity index (χ2v) is 7.05. The van der Waals surface area contributed by atoms with Gasteiger partial charge in [-0.3, -0.25) is 9.36 Å². The molecule has 5 nitrogen and oxygen atoms in total. The molecule has 0 amide bonds. The fourth-order valence-corrected chi connectivity index (χ4v) is 4.77. The van der Waals surface area contributed by atoms with Crippen molar-refractivity contribution in [2.24, 2.45) is 0 Å². The monoisotopic (exact) mass is 340 g/mol. The highest BCUT2D eigenvalue weighted by atomic mass is 31.2. The van der Waals surface area contributed by atoms with Crippen LogP contribution < -0.4 is 0 Å². The standard InChI is InChI=1S/C17H25O5P/c1-5-14-17(16(18)20-6-2,15-12-10-9-11-13-15)23(19,21-7-3)22-8-4/h5,9-13H,1,6-8,14H2,2-4H3. The molecule has 0 saturated heterocycles. The summed E-state index contributed by atoms with van der Waals surface area (Å²) < 4.78 is 29.8. The van der Waals surface area contributed by atoms with Gasteiger partial charge in [-0.25, -0.2) is 0 Å². The normalized spacial score (nSPS) is 14.0. The summed E-state index contributed by atoms with van der Waals surface area (Å²) in [6.07, 6.45) is 1.63. The van der Waals surface area contributed by atoms with E-state index in [9.17, 15) is 9.36 Å². The predicted molar refractivity (Wildman–Crippen MR) is 90.4 cm³/mol. The van der Waals surface area contributed by atoms with Crippen LogP contribution in [0.2, 0.25) is 0 Å². The Balaban J connectivity index is 3.64. The van der Waals surface area contributed by atoms with Gasteiger partial charge in [0.05, 0.1) is 19.8 Å². The molecule has 0 aliphatic heterocycles. The summed E-state index contributed by atoms with van der Waals surface area (Å²) in [7, 11) is -3.83. The van der Waals surface area contributed by atoms with Crippen LogP contribution in [0.15, 0.2) is 43.0 Å². The average molecular weight is 340 g/mol. The SMILES string of the molecule is C=CCC(C(=O)OCC)(c1ccccc1)P(=O)(OCC)OCC. The number of esters is 1. The van der Waals surface area contributed by atoms with Gasteiger partial charge in [0.1, 0.15) is 0 Å². The first-order chi connectivity index (χ1) is 11.0. The summed E-state index contributed by atoms with van der Waals surface area (Å²) in [5.74, 6) is -0.628. The van der Waals surface area contributed by atoms with Crippen molar-refractivity contribution in [3.63, 3.8) is 0 Å². The Kier molecular flexibility index (Phi) is 7.69. The third kappa shape index (κ3) is 3.92. The summed E-state index contributed by atoms with van der Waals surface area (Å²) in [6, 6.07) is 8.82. The number of hydrogen-bond donors (Lipinski definition) is 0. The van der Waals surface area contributed by atoms with E-state index in [0.717, 1.165) is 0 Å². The van der Waals surface area contributed by atoms with Crippen LogP contribution in [0.5, 0.6) is 0 Å². The van der Waals surface area contributed by atoms with Crippen molar-refractivity contribution in [1.29, 1.82) is 0 Å². The molecule has 128 valence electrons. The maximum absolute atomic E-state index is 13.5. The lowest BCUT2D eigenvalue weighted by atomic mass is 9.94. The zero-order chi connectivity index (χ0) is 17.3. The molecule has 1 aromatic carbocycles. The maximum atomic E-state index is 13.5. The van der Waals surface area contributed by atoms with E-state index in [1.807, 2.05) is 6.07 Å². The summed E-state index contributed by atoms with van der Waals surface area (Å²) in [6.45, 7) is 9.31. The van der Waals surface area contributed by atoms with Gasteiger partial charge in [-0.2, -0.15) is 0 Å². The Morgan fingerprint density at radius 2 is 1.70 bits per heavy atom. The topological polar surface area (TPSA) is 61.8 Å². The summed E-state index contributed by atoms with van der Waals surface area (Å²) >= 11 is 0. The highest BCUT2D eigenvalue weighted by Crippen LogP contribution is 2.67. The van der Waals surface area contributed by atoms with Crippen LogP contribution in [-0.2, 0) is 28.3 Å². The molecule has 1 rings (SSSR count). The number of carbonyl (C=O) groups excluding carboxylic acids is 1. The maximum Gasteiger partial charge on any atom is 0.352 e. The van der Waals surface area contributed by atoms with E-state index < -0.39 is 18.7 Å². The van der Waals surface area contributed by atoms with Crippen LogP contribution in [0.25, 0.3) is 0 Å². The smallest absolute Gasteiger partial charge is 0.352 e. The van der Waals surface area contributed by atoms with Crippen LogP contribution in [-0.4, -0.2) is 25.8 Å². The van der Waals surface area contributed by atoms with Gasteiger partial charge in [-0.05, 0) is 32.8 Å². The van der Waals surface area contributed by atoms with Crippen molar-refractivity contribution in [2.75, 3.05) is 19.8 Å². The van der Waals surface area contributed by atoms with E-state index >= 15 is 0 Å². The Morgan fingerprint density at radius 3 is 2.13 bits per heavy atom. The third-order valence-corrected chi connectivity index (χ3v) is 6.12. The van der Waals surface area contributed by atoms with Crippen LogP contribution in [0.3, 0.4) is 0 Å². The van der Waals surface area contributed by atoms with E-state index in [-0.39, 0.29) is 26.2 Å². The van der Waals surface area contributed by atoms with Gasteiger partial charge >= 0.3 is 13.6 Å². The van der Waals surface area contributed by atoms with Crippen molar-refractivity contribution in [3.8, 4) is 0 Å². The zero-order valence-electron chi connectivity index (χ0n) is 14.0. The Morgan fingerprint density at radius 1 is 1.13 bits per heavy atom. The molecule has 0 heterocycles. The molecule has 0 spiro atoms. The Labute approximate surface area is 138 Å². The fourth-order valence-electron chi connectivity index (χ4n) is 2.47. The van der Waals surface area contributed by atoms with Crippen molar-refractivity contribution in [2.45, 2.75) is 32.3 Å². The summed E-state index contributed by atoms with van der Waals surface area (Å²) in [4.78, 5) is 12.8. The van der Waals surface area contributed by atoms with E-state index in [1.54, 1.807) is 45.0 Å². The molecule has 0 radical (unpaired) electrons. The zero-order valence-corrected chi connectivity index (χ0v) is 14.9. The van der Waals surface area contributed by atoms with Crippen molar-refractivity contribution >= 4 is 13.6 Å². The second-order valence-electron chi connectivity index (χ2n) is 4.77. The molecule has 0 saturated carbocycles. The first kappa shape index (κ1) is 19.6. The Hall–Kier alpha value is -1.42. The number of ether oxygens (including phenoxy) is 1. The minimum Gasteiger partial charge on any atom is -0.465 e. The molecule has 0 fully saturated rings. The molecule has 0 aliphatic rings. The first-order valence-corrected chi connectivity index (χ1v) is 9.29. The first-order valence-electron chi connectivity index (χ1n) is 7.75. The number of hydrogen-bond acceptors (Lipinski definition) is 5. The van der Waals surface area contributed by atoms with Crippen LogP contribution in [0, 0.1) is 0 Å². The van der Waals surface area contributed by atoms with E-state index in [1.165, 1.54) is 6.08 Å². The van der Waals surface area contributed by atoms with Gasteiger partial charge in [-0.1, -0.05) is 36.4 Å². The molecule has 1 atom stereocenters. The van der Waals surface area contributed by atoms with Crippen molar-refractivity contribution < 1.29 is 23.1 Å². The molecular formula is C17H25O5P. The Bertz CT molecular complexity index is 547. The lowest BCUT2D eigenvalue weighted by Gasteiger charge is -2.36. The van der Waals surface area contributed by atoms with Crippen LogP contribution >= 0.6 is 7.60 Å². The second kappa shape index (κ2) is 9.02. The molecule has 0 aromatic heterocycles. The lowest BCUT2D eigenvalue weighted by Crippen LogP contribution is -2.38. The largest absolute Gasteiger partial charge is 0.465 e. The fraction of sp³-hybridized carbons (Fsp3) is 0.471. The highest BCUT2D eigenvalue weighted by Gasteiger charge is 2.58. The van der Waals surface area contributed by atoms with E-state index in [4.69, 9.17) is 13.8 Å². The van der Waals surface area contributed by atoms with Gasteiger partial charge in [0.25, 0.3) is 0 Å². The highest BCUT2D eigenvalue weighted by molar-refractivity contribution is 7.56. The summed E-state index contributed by atoms with van der Waals surface area (Å²) in [5.41, 5.74) is 0.531. The minimum absolute atomic E-state index is 0.0904. The van der Waals surface area contributed by atoms with Gasteiger partial charge in [0, 0.05) is 0 Å². The molecule has 23 heavy (non-hydrogen) atoms. The molecule has 0 bridgehead atoms. The van der Waals surface area contributed by atoms with Crippen LogP contribution in [0.4, 0.5) is 0 Å². The summed E-state index contributed by atoms with van der Waals surface area (Å²) in [5, 5.41) is -1.56. The third-order valence-electron chi connectivity index (χ3n) is 3.37. The molecule has 0 N–H and O–H groups in total. The molecule has 1 aromatic rings. The van der Waals surface area contributed by atoms with Gasteiger partial charge in [-0.15, -0.1) is 6.58 Å². The van der Waals surface area contributed by atoms with Gasteiger partial charge in [0.2, 0.25) is 0 Å². The minimum atomic E-state index is -3.83. The van der Waals surface area contributed by atoms with Crippen molar-refractivity contribution in [3.05, 3.63) is 48.6 Å². The number of carbonyl (C=O) groups is 1.